The molecule has 5 heteroatoms. The molecular weight excluding hydrogens is 342 g/mol. The summed E-state index contributed by atoms with van der Waals surface area (Å²) in [5.41, 5.74) is 1.33. The third-order valence-corrected chi connectivity index (χ3v) is 6.02. The summed E-state index contributed by atoms with van der Waals surface area (Å²) in [4.78, 5) is 26.0. The standard InChI is InChI=1S/C22H31NO4/c1-3-8-19(24)26-13-14-27-22(25)23(4-2)21-18-12-11-17(15-18)20(21)16-9-6-5-7-10-16/h5-7,9-10,17-18,20-21H,3-4,8,11-15H2,1-2H3. The predicted octanol–water partition coefficient (Wildman–Crippen LogP) is 4.37. The molecule has 2 bridgehead atoms. The largest absolute Gasteiger partial charge is 0.462 e. The van der Waals surface area contributed by atoms with Gasteiger partial charge in [0.15, 0.2) is 0 Å². The zero-order chi connectivity index (χ0) is 19.2. The van der Waals surface area contributed by atoms with Crippen LogP contribution in [0, 0.1) is 11.8 Å². The van der Waals surface area contributed by atoms with E-state index in [9.17, 15) is 9.59 Å². The molecule has 4 unspecified atom stereocenters. The number of carbonyl (C=O) groups is 2. The first-order valence-electron chi connectivity index (χ1n) is 10.3. The molecular formula is C22H31NO4. The minimum absolute atomic E-state index is 0.113. The first kappa shape index (κ1) is 19.7. The molecule has 0 spiro atoms. The Balaban J connectivity index is 1.61. The van der Waals surface area contributed by atoms with Crippen molar-refractivity contribution in [1.29, 1.82) is 0 Å². The van der Waals surface area contributed by atoms with E-state index in [1.807, 2.05) is 24.8 Å². The fraction of sp³-hybridized carbons (Fsp3) is 0.636. The molecule has 2 aliphatic rings. The van der Waals surface area contributed by atoms with Gasteiger partial charge < -0.3 is 14.4 Å². The molecule has 0 radical (unpaired) electrons. The monoisotopic (exact) mass is 373 g/mol. The van der Waals surface area contributed by atoms with Crippen LogP contribution in [-0.2, 0) is 14.3 Å². The van der Waals surface area contributed by atoms with Crippen molar-refractivity contribution in [3.05, 3.63) is 35.9 Å². The Hall–Kier alpha value is -2.04. The Kier molecular flexibility index (Phi) is 6.75. The van der Waals surface area contributed by atoms with Gasteiger partial charge in [0.05, 0.1) is 0 Å². The number of likely N-dealkylation sites (N-methyl/N-ethyl adjacent to an activating group) is 1. The van der Waals surface area contributed by atoms with E-state index >= 15 is 0 Å². The number of ether oxygens (including phenoxy) is 2. The average Bonchev–Trinajstić information content (AvgIpc) is 3.29. The van der Waals surface area contributed by atoms with Crippen molar-refractivity contribution in [3.8, 4) is 0 Å². The van der Waals surface area contributed by atoms with E-state index in [1.165, 1.54) is 24.8 Å². The molecule has 0 heterocycles. The lowest BCUT2D eigenvalue weighted by atomic mass is 9.79. The molecule has 0 saturated heterocycles. The highest BCUT2D eigenvalue weighted by molar-refractivity contribution is 5.69. The first-order chi connectivity index (χ1) is 13.2. The van der Waals surface area contributed by atoms with E-state index in [-0.39, 0.29) is 31.3 Å². The summed E-state index contributed by atoms with van der Waals surface area (Å²) in [7, 11) is 0. The van der Waals surface area contributed by atoms with E-state index in [4.69, 9.17) is 9.47 Å². The van der Waals surface area contributed by atoms with Gasteiger partial charge in [0.25, 0.3) is 0 Å². The quantitative estimate of drug-likeness (QED) is 0.501. The van der Waals surface area contributed by atoms with Gasteiger partial charge in [0.1, 0.15) is 13.2 Å². The van der Waals surface area contributed by atoms with E-state index in [0.717, 1.165) is 6.42 Å². The molecule has 2 fully saturated rings. The lowest BCUT2D eigenvalue weighted by Gasteiger charge is -2.39. The summed E-state index contributed by atoms with van der Waals surface area (Å²) in [6.45, 7) is 4.81. The normalized spacial score (nSPS) is 26.0. The number of rotatable bonds is 8. The van der Waals surface area contributed by atoms with E-state index in [0.29, 0.717) is 30.7 Å². The molecule has 148 valence electrons. The second kappa shape index (κ2) is 9.25. The van der Waals surface area contributed by atoms with Crippen LogP contribution in [0.4, 0.5) is 4.79 Å². The second-order valence-corrected chi connectivity index (χ2v) is 7.63. The Labute approximate surface area is 162 Å². The van der Waals surface area contributed by atoms with Gasteiger partial charge in [-0.1, -0.05) is 37.3 Å². The molecule has 1 amide bonds. The lowest BCUT2D eigenvalue weighted by Crippen LogP contribution is -2.47. The third kappa shape index (κ3) is 4.45. The molecule has 1 aromatic rings. The maximum absolute atomic E-state index is 12.7. The zero-order valence-corrected chi connectivity index (χ0v) is 16.4. The van der Waals surface area contributed by atoms with Crippen molar-refractivity contribution in [2.24, 2.45) is 11.8 Å². The zero-order valence-electron chi connectivity index (χ0n) is 16.4. The van der Waals surface area contributed by atoms with Gasteiger partial charge in [-0.2, -0.15) is 0 Å². The van der Waals surface area contributed by atoms with Crippen LogP contribution in [0.3, 0.4) is 0 Å². The molecule has 0 aromatic heterocycles. The Morgan fingerprint density at radius 1 is 1.04 bits per heavy atom. The van der Waals surface area contributed by atoms with E-state index in [1.54, 1.807) is 0 Å². The Morgan fingerprint density at radius 2 is 1.74 bits per heavy atom. The molecule has 1 aromatic carbocycles. The van der Waals surface area contributed by atoms with Gasteiger partial charge in [-0.3, -0.25) is 4.79 Å². The van der Waals surface area contributed by atoms with E-state index < -0.39 is 0 Å². The summed E-state index contributed by atoms with van der Waals surface area (Å²) in [6.07, 6.45) is 4.51. The molecule has 3 rings (SSSR count). The van der Waals surface area contributed by atoms with Crippen LogP contribution < -0.4 is 0 Å². The molecule has 4 atom stereocenters. The smallest absolute Gasteiger partial charge is 0.410 e. The summed E-state index contributed by atoms with van der Waals surface area (Å²) >= 11 is 0. The number of esters is 1. The van der Waals surface area contributed by atoms with Gasteiger partial charge in [-0.05, 0) is 50.0 Å². The highest BCUT2D eigenvalue weighted by atomic mass is 16.6. The highest BCUT2D eigenvalue weighted by Gasteiger charge is 2.51. The number of hydrogen-bond donors (Lipinski definition) is 0. The number of hydrogen-bond acceptors (Lipinski definition) is 4. The molecule has 0 aliphatic heterocycles. The van der Waals surface area contributed by atoms with Crippen LogP contribution in [0.5, 0.6) is 0 Å². The molecule has 27 heavy (non-hydrogen) atoms. The number of carbonyl (C=O) groups excluding carboxylic acids is 2. The van der Waals surface area contributed by atoms with Gasteiger partial charge in [-0.15, -0.1) is 0 Å². The first-order valence-corrected chi connectivity index (χ1v) is 10.3. The summed E-state index contributed by atoms with van der Waals surface area (Å²) in [6, 6.07) is 10.8. The summed E-state index contributed by atoms with van der Waals surface area (Å²) in [5, 5.41) is 0. The van der Waals surface area contributed by atoms with E-state index in [2.05, 4.69) is 24.3 Å². The van der Waals surface area contributed by atoms with Crippen LogP contribution in [0.25, 0.3) is 0 Å². The number of benzene rings is 1. The number of amides is 1. The van der Waals surface area contributed by atoms with Gasteiger partial charge in [-0.25, -0.2) is 4.79 Å². The topological polar surface area (TPSA) is 55.8 Å². The fourth-order valence-electron chi connectivity index (χ4n) is 4.96. The van der Waals surface area contributed by atoms with Crippen molar-refractivity contribution in [2.45, 2.75) is 57.9 Å². The van der Waals surface area contributed by atoms with Crippen LogP contribution >= 0.6 is 0 Å². The van der Waals surface area contributed by atoms with Crippen molar-refractivity contribution in [3.63, 3.8) is 0 Å². The Morgan fingerprint density at radius 3 is 2.44 bits per heavy atom. The number of nitrogens with zero attached hydrogens (tertiary/aromatic N) is 1. The minimum atomic E-state index is -0.289. The molecule has 2 saturated carbocycles. The van der Waals surface area contributed by atoms with Crippen molar-refractivity contribution in [1.82, 2.24) is 4.90 Å². The maximum Gasteiger partial charge on any atom is 0.410 e. The SMILES string of the molecule is CCCC(=O)OCCOC(=O)N(CC)C1C2CCC(C2)C1c1ccccc1. The highest BCUT2D eigenvalue weighted by Crippen LogP contribution is 2.54. The van der Waals surface area contributed by atoms with Gasteiger partial charge in [0, 0.05) is 24.9 Å². The second-order valence-electron chi connectivity index (χ2n) is 7.63. The van der Waals surface area contributed by atoms with Crippen LogP contribution in [0.15, 0.2) is 30.3 Å². The van der Waals surface area contributed by atoms with Crippen LogP contribution in [-0.4, -0.2) is 42.8 Å². The predicted molar refractivity (Wildman–Crippen MR) is 103 cm³/mol. The van der Waals surface area contributed by atoms with Gasteiger partial charge >= 0.3 is 12.1 Å². The number of fused-ring (bicyclic) bond motifs is 2. The van der Waals surface area contributed by atoms with Crippen LogP contribution in [0.1, 0.15) is 57.4 Å². The summed E-state index contributed by atoms with van der Waals surface area (Å²) in [5.74, 6) is 1.35. The van der Waals surface area contributed by atoms with Crippen LogP contribution in [0.2, 0.25) is 0 Å². The maximum atomic E-state index is 12.7. The minimum Gasteiger partial charge on any atom is -0.462 e. The van der Waals surface area contributed by atoms with Crippen molar-refractivity contribution in [2.75, 3.05) is 19.8 Å². The summed E-state index contributed by atoms with van der Waals surface area (Å²) < 4.78 is 10.5. The van der Waals surface area contributed by atoms with Crippen molar-refractivity contribution >= 4 is 12.1 Å². The fourth-order valence-corrected chi connectivity index (χ4v) is 4.96. The molecule has 0 N–H and O–H groups in total. The lowest BCUT2D eigenvalue weighted by molar-refractivity contribution is -0.144. The Bertz CT molecular complexity index is 632. The third-order valence-electron chi connectivity index (χ3n) is 6.02. The molecule has 5 nitrogen and oxygen atoms in total. The average molecular weight is 373 g/mol. The molecule has 2 aliphatic carbocycles. The van der Waals surface area contributed by atoms with Gasteiger partial charge in [0.2, 0.25) is 0 Å². The van der Waals surface area contributed by atoms with Crippen molar-refractivity contribution < 1.29 is 19.1 Å².